The van der Waals surface area contributed by atoms with Crippen LogP contribution in [0.25, 0.3) is 0 Å². The lowest BCUT2D eigenvalue weighted by atomic mass is 10.1. The maximum Gasteiger partial charge on any atom is 0.255 e. The predicted molar refractivity (Wildman–Crippen MR) is 84.1 cm³/mol. The lowest BCUT2D eigenvalue weighted by molar-refractivity contribution is 0.0932. The molecule has 2 rings (SSSR count). The van der Waals surface area contributed by atoms with Gasteiger partial charge < -0.3 is 15.2 Å². The highest BCUT2D eigenvalue weighted by atomic mass is 32.1. The van der Waals surface area contributed by atoms with Gasteiger partial charge in [0.25, 0.3) is 5.91 Å². The van der Waals surface area contributed by atoms with Crippen molar-refractivity contribution in [3.63, 3.8) is 0 Å². The summed E-state index contributed by atoms with van der Waals surface area (Å²) in [5, 5.41) is 14.9. The molecule has 1 amide bonds. The second-order valence-corrected chi connectivity index (χ2v) is 5.69. The molecular formula is C16H19NO3S. The van der Waals surface area contributed by atoms with E-state index in [1.807, 2.05) is 17.5 Å². The first-order chi connectivity index (χ1) is 10.2. The number of nitrogens with one attached hydrogen (secondary N) is 1. The Morgan fingerprint density at radius 3 is 2.81 bits per heavy atom. The third-order valence-electron chi connectivity index (χ3n) is 3.22. The number of carbonyl (C=O) groups excluding carboxylic acids is 1. The van der Waals surface area contributed by atoms with Gasteiger partial charge >= 0.3 is 0 Å². The fourth-order valence-electron chi connectivity index (χ4n) is 2.13. The zero-order valence-electron chi connectivity index (χ0n) is 12.1. The van der Waals surface area contributed by atoms with E-state index in [1.54, 1.807) is 23.5 Å². The van der Waals surface area contributed by atoms with E-state index in [0.717, 1.165) is 17.7 Å². The molecule has 1 heterocycles. The number of aromatic hydroxyl groups is 1. The first-order valence-electron chi connectivity index (χ1n) is 6.87. The molecule has 112 valence electrons. The maximum absolute atomic E-state index is 12.3. The van der Waals surface area contributed by atoms with Crippen molar-refractivity contribution in [2.24, 2.45) is 0 Å². The molecule has 2 N–H and O–H groups in total. The molecule has 0 aliphatic carbocycles. The lowest BCUT2D eigenvalue weighted by Crippen LogP contribution is -2.28. The number of benzene rings is 1. The van der Waals surface area contributed by atoms with Gasteiger partial charge in [0, 0.05) is 10.9 Å². The molecule has 0 fully saturated rings. The summed E-state index contributed by atoms with van der Waals surface area (Å²) < 4.78 is 5.02. The molecule has 1 aromatic carbocycles. The average molecular weight is 305 g/mol. The van der Waals surface area contributed by atoms with Gasteiger partial charge in [0.1, 0.15) is 11.5 Å². The Hall–Kier alpha value is -2.01. The summed E-state index contributed by atoms with van der Waals surface area (Å²) in [6.45, 7) is 2.08. The molecule has 5 heteroatoms. The SMILES string of the molecule is CCCC(NC(=O)c1ccc(OC)cc1O)c1cccs1. The molecule has 21 heavy (non-hydrogen) atoms. The zero-order valence-corrected chi connectivity index (χ0v) is 12.9. The summed E-state index contributed by atoms with van der Waals surface area (Å²) in [6.07, 6.45) is 1.83. The highest BCUT2D eigenvalue weighted by Gasteiger charge is 2.18. The van der Waals surface area contributed by atoms with Crippen molar-refractivity contribution in [3.05, 3.63) is 46.2 Å². The van der Waals surface area contributed by atoms with E-state index in [4.69, 9.17) is 4.74 Å². The zero-order chi connectivity index (χ0) is 15.2. The van der Waals surface area contributed by atoms with Gasteiger partial charge in [0.05, 0.1) is 18.7 Å². The number of ether oxygens (including phenoxy) is 1. The number of methoxy groups -OCH3 is 1. The van der Waals surface area contributed by atoms with Gasteiger partial charge in [-0.25, -0.2) is 0 Å². The number of thiophene rings is 1. The van der Waals surface area contributed by atoms with Crippen molar-refractivity contribution in [2.45, 2.75) is 25.8 Å². The quantitative estimate of drug-likeness (QED) is 0.855. The first-order valence-corrected chi connectivity index (χ1v) is 7.75. The summed E-state index contributed by atoms with van der Waals surface area (Å²) in [5.74, 6) is 0.169. The monoisotopic (exact) mass is 305 g/mol. The molecule has 0 saturated carbocycles. The van der Waals surface area contributed by atoms with Gasteiger partial charge in [-0.2, -0.15) is 0 Å². The lowest BCUT2D eigenvalue weighted by Gasteiger charge is -2.17. The minimum absolute atomic E-state index is 0.0241. The number of hydrogen-bond donors (Lipinski definition) is 2. The summed E-state index contributed by atoms with van der Waals surface area (Å²) in [6, 6.07) is 8.63. The van der Waals surface area contributed by atoms with Crippen LogP contribution in [0.3, 0.4) is 0 Å². The Labute approximate surface area is 128 Å². The summed E-state index contributed by atoms with van der Waals surface area (Å²) in [4.78, 5) is 13.5. The molecule has 2 aromatic rings. The van der Waals surface area contributed by atoms with Crippen molar-refractivity contribution >= 4 is 17.2 Å². The van der Waals surface area contributed by atoms with E-state index in [0.29, 0.717) is 5.75 Å². The Balaban J connectivity index is 2.15. The molecule has 0 saturated heterocycles. The number of hydrogen-bond acceptors (Lipinski definition) is 4. The van der Waals surface area contributed by atoms with Crippen LogP contribution in [0.15, 0.2) is 35.7 Å². The second kappa shape index (κ2) is 7.13. The molecular weight excluding hydrogens is 286 g/mol. The molecule has 0 aliphatic rings. The summed E-state index contributed by atoms with van der Waals surface area (Å²) in [7, 11) is 1.52. The number of carbonyl (C=O) groups is 1. The minimum Gasteiger partial charge on any atom is -0.507 e. The van der Waals surface area contributed by atoms with Gasteiger partial charge in [0.2, 0.25) is 0 Å². The predicted octanol–water partition coefficient (Wildman–Crippen LogP) is 3.73. The fraction of sp³-hybridized carbons (Fsp3) is 0.312. The Kier molecular flexibility index (Phi) is 5.22. The molecule has 4 nitrogen and oxygen atoms in total. The topological polar surface area (TPSA) is 58.6 Å². The molecule has 1 aromatic heterocycles. The van der Waals surface area contributed by atoms with Crippen molar-refractivity contribution in [3.8, 4) is 11.5 Å². The van der Waals surface area contributed by atoms with Gasteiger partial charge in [-0.15, -0.1) is 11.3 Å². The van der Waals surface area contributed by atoms with Crippen molar-refractivity contribution in [1.29, 1.82) is 0 Å². The molecule has 1 atom stereocenters. The number of amides is 1. The second-order valence-electron chi connectivity index (χ2n) is 4.71. The van der Waals surface area contributed by atoms with E-state index < -0.39 is 0 Å². The van der Waals surface area contributed by atoms with Crippen LogP contribution in [0.4, 0.5) is 0 Å². The van der Waals surface area contributed by atoms with Gasteiger partial charge in [0.15, 0.2) is 0 Å². The number of phenols is 1. The van der Waals surface area contributed by atoms with Crippen LogP contribution in [0, 0.1) is 0 Å². The molecule has 0 radical (unpaired) electrons. The van der Waals surface area contributed by atoms with Crippen LogP contribution < -0.4 is 10.1 Å². The van der Waals surface area contributed by atoms with E-state index >= 15 is 0 Å². The normalized spacial score (nSPS) is 11.9. The molecule has 0 spiro atoms. The van der Waals surface area contributed by atoms with Gasteiger partial charge in [-0.3, -0.25) is 4.79 Å². The van der Waals surface area contributed by atoms with Crippen LogP contribution in [0.5, 0.6) is 11.5 Å². The van der Waals surface area contributed by atoms with Crippen molar-refractivity contribution < 1.29 is 14.6 Å². The smallest absolute Gasteiger partial charge is 0.255 e. The highest BCUT2D eigenvalue weighted by Crippen LogP contribution is 2.26. The number of rotatable bonds is 6. The van der Waals surface area contributed by atoms with E-state index in [9.17, 15) is 9.90 Å². The van der Waals surface area contributed by atoms with Gasteiger partial charge in [-0.05, 0) is 30.0 Å². The van der Waals surface area contributed by atoms with Crippen LogP contribution in [-0.4, -0.2) is 18.1 Å². The third kappa shape index (κ3) is 3.76. The van der Waals surface area contributed by atoms with E-state index in [1.165, 1.54) is 13.2 Å². The minimum atomic E-state index is -0.276. The Morgan fingerprint density at radius 2 is 2.24 bits per heavy atom. The molecule has 1 unspecified atom stereocenters. The van der Waals surface area contributed by atoms with E-state index in [2.05, 4.69) is 12.2 Å². The Bertz CT molecular complexity index is 596. The van der Waals surface area contributed by atoms with Crippen molar-refractivity contribution in [2.75, 3.05) is 7.11 Å². The summed E-state index contributed by atoms with van der Waals surface area (Å²) >= 11 is 1.62. The van der Waals surface area contributed by atoms with Crippen LogP contribution in [0.2, 0.25) is 0 Å². The third-order valence-corrected chi connectivity index (χ3v) is 4.20. The molecule has 0 bridgehead atoms. The van der Waals surface area contributed by atoms with Crippen molar-refractivity contribution in [1.82, 2.24) is 5.32 Å². The van der Waals surface area contributed by atoms with E-state index in [-0.39, 0.29) is 23.3 Å². The van der Waals surface area contributed by atoms with Crippen LogP contribution in [-0.2, 0) is 0 Å². The maximum atomic E-state index is 12.3. The number of phenolic OH excluding ortho intramolecular Hbond substituents is 1. The van der Waals surface area contributed by atoms with Gasteiger partial charge in [-0.1, -0.05) is 19.4 Å². The average Bonchev–Trinajstić information content (AvgIpc) is 3.00. The molecule has 0 aliphatic heterocycles. The Morgan fingerprint density at radius 1 is 1.43 bits per heavy atom. The summed E-state index contributed by atoms with van der Waals surface area (Å²) in [5.41, 5.74) is 0.258. The highest BCUT2D eigenvalue weighted by molar-refractivity contribution is 7.10. The fourth-order valence-corrected chi connectivity index (χ4v) is 2.94. The van der Waals surface area contributed by atoms with Crippen LogP contribution in [0.1, 0.15) is 41.0 Å². The largest absolute Gasteiger partial charge is 0.507 e. The first kappa shape index (κ1) is 15.4. The standard InChI is InChI=1S/C16H19NO3S/c1-3-5-13(15-6-4-9-21-15)17-16(19)12-8-7-11(20-2)10-14(12)18/h4,6-10,13,18H,3,5H2,1-2H3,(H,17,19). The van der Waals surface area contributed by atoms with Crippen LogP contribution >= 0.6 is 11.3 Å².